The molecule has 0 fully saturated rings. The molecule has 3 rings (SSSR count). The average Bonchev–Trinajstić information content (AvgIpc) is 2.80. The van der Waals surface area contributed by atoms with E-state index in [1.165, 1.54) is 25.0 Å². The van der Waals surface area contributed by atoms with Crippen molar-refractivity contribution in [2.75, 3.05) is 7.05 Å². The molecule has 1 aromatic heterocycles. The summed E-state index contributed by atoms with van der Waals surface area (Å²) in [5, 5.41) is 5.91. The summed E-state index contributed by atoms with van der Waals surface area (Å²) in [5.41, 5.74) is 1.35. The topological polar surface area (TPSA) is 80.2 Å². The number of nitrogens with zero attached hydrogens (tertiary/aromatic N) is 1. The smallest absolute Gasteiger partial charge is 0.257 e. The second-order valence-corrected chi connectivity index (χ2v) is 8.00. The summed E-state index contributed by atoms with van der Waals surface area (Å²) in [6.07, 6.45) is 4.66. The molecule has 2 aromatic carbocycles. The molecule has 0 unspecified atom stereocenters. The molecule has 0 aliphatic carbocycles. The number of aromatic nitrogens is 1. The number of pyridine rings is 1. The van der Waals surface area contributed by atoms with Crippen LogP contribution in [-0.2, 0) is 13.0 Å². The Balaban J connectivity index is 1.81. The number of hydrogen-bond donors (Lipinski definition) is 2. The van der Waals surface area contributed by atoms with Gasteiger partial charge in [0.1, 0.15) is 11.1 Å². The number of benzene rings is 2. The van der Waals surface area contributed by atoms with Gasteiger partial charge in [-0.25, -0.2) is 0 Å². The molecule has 0 spiro atoms. The third-order valence-electron chi connectivity index (χ3n) is 5.24. The first-order valence-corrected chi connectivity index (χ1v) is 10.8. The zero-order chi connectivity index (χ0) is 23.1. The summed E-state index contributed by atoms with van der Waals surface area (Å²) in [7, 11) is 1.46. The fraction of sp³-hybridized carbons (Fsp3) is 0.240. The molecule has 0 bridgehead atoms. The minimum absolute atomic E-state index is 0.0565. The Hall–Kier alpha value is -3.38. The third-order valence-corrected chi connectivity index (χ3v) is 5.49. The van der Waals surface area contributed by atoms with Crippen molar-refractivity contribution in [3.63, 3.8) is 0 Å². The lowest BCUT2D eigenvalue weighted by Gasteiger charge is -2.16. The van der Waals surface area contributed by atoms with E-state index in [1.807, 2.05) is 37.3 Å². The fourth-order valence-electron chi connectivity index (χ4n) is 3.44. The Morgan fingerprint density at radius 1 is 0.969 bits per heavy atom. The van der Waals surface area contributed by atoms with E-state index in [-0.39, 0.29) is 17.2 Å². The molecule has 0 saturated carbocycles. The third kappa shape index (κ3) is 5.86. The molecular formula is C25H26ClN3O3. The van der Waals surface area contributed by atoms with Gasteiger partial charge in [0.2, 0.25) is 5.43 Å². The summed E-state index contributed by atoms with van der Waals surface area (Å²) < 4.78 is 1.73. The lowest BCUT2D eigenvalue weighted by atomic mass is 10.1. The lowest BCUT2D eigenvalue weighted by Crippen LogP contribution is -2.35. The molecule has 1 heterocycles. The molecule has 0 aliphatic heterocycles. The van der Waals surface area contributed by atoms with Crippen LogP contribution in [0, 0.1) is 0 Å². The first kappa shape index (κ1) is 23.3. The fourth-order valence-corrected chi connectivity index (χ4v) is 3.56. The Kier molecular flexibility index (Phi) is 7.84. The number of rotatable bonds is 8. The molecule has 32 heavy (non-hydrogen) atoms. The minimum Gasteiger partial charge on any atom is -0.355 e. The van der Waals surface area contributed by atoms with Crippen LogP contribution in [0.5, 0.6) is 0 Å². The van der Waals surface area contributed by atoms with Gasteiger partial charge in [-0.3, -0.25) is 14.4 Å². The maximum absolute atomic E-state index is 12.9. The van der Waals surface area contributed by atoms with Crippen molar-refractivity contribution in [2.24, 2.45) is 0 Å². The van der Waals surface area contributed by atoms with Crippen LogP contribution in [0.25, 0.3) is 0 Å². The van der Waals surface area contributed by atoms with Gasteiger partial charge in [0.05, 0.1) is 6.04 Å². The predicted molar refractivity (Wildman–Crippen MR) is 126 cm³/mol. The van der Waals surface area contributed by atoms with Gasteiger partial charge >= 0.3 is 0 Å². The monoisotopic (exact) mass is 451 g/mol. The lowest BCUT2D eigenvalue weighted by molar-refractivity contribution is 0.0938. The van der Waals surface area contributed by atoms with Gasteiger partial charge < -0.3 is 15.2 Å². The summed E-state index contributed by atoms with van der Waals surface area (Å²) in [5.74, 6) is -1.05. The van der Waals surface area contributed by atoms with Crippen molar-refractivity contribution in [1.29, 1.82) is 0 Å². The van der Waals surface area contributed by atoms with Crippen molar-refractivity contribution in [3.05, 3.63) is 104 Å². The van der Waals surface area contributed by atoms with Crippen molar-refractivity contribution in [2.45, 2.75) is 32.4 Å². The van der Waals surface area contributed by atoms with E-state index in [1.54, 1.807) is 16.7 Å². The normalized spacial score (nSPS) is 11.6. The van der Waals surface area contributed by atoms with Crippen molar-refractivity contribution >= 4 is 23.4 Å². The summed E-state index contributed by atoms with van der Waals surface area (Å²) in [6, 6.07) is 16.8. The number of halogens is 1. The van der Waals surface area contributed by atoms with E-state index < -0.39 is 17.2 Å². The van der Waals surface area contributed by atoms with Gasteiger partial charge in [-0.05, 0) is 43.0 Å². The first-order chi connectivity index (χ1) is 15.4. The van der Waals surface area contributed by atoms with Crippen molar-refractivity contribution in [3.8, 4) is 0 Å². The molecule has 3 aromatic rings. The standard InChI is InChI=1S/C25H26ClN3O3/c1-17(19-10-12-20(26)13-11-19)28-25(32)22-16-29(15-21(23(22)30)24(31)27-2)14-6-9-18-7-4-3-5-8-18/h3-5,7-8,10-13,15-17H,6,9,14H2,1-2H3,(H,27,31)(H,28,32)/t17-/m1/s1. The molecule has 0 aliphatic rings. The highest BCUT2D eigenvalue weighted by atomic mass is 35.5. The Labute approximate surface area is 192 Å². The number of nitrogens with one attached hydrogen (secondary N) is 2. The average molecular weight is 452 g/mol. The Bertz CT molecular complexity index is 1140. The molecule has 0 saturated heterocycles. The Morgan fingerprint density at radius 3 is 2.22 bits per heavy atom. The summed E-state index contributed by atoms with van der Waals surface area (Å²) in [6.45, 7) is 2.38. The van der Waals surface area contributed by atoms with E-state index in [0.29, 0.717) is 11.6 Å². The molecular weight excluding hydrogens is 426 g/mol. The van der Waals surface area contributed by atoms with Crippen LogP contribution in [0.2, 0.25) is 5.02 Å². The number of hydrogen-bond acceptors (Lipinski definition) is 3. The Morgan fingerprint density at radius 2 is 1.59 bits per heavy atom. The van der Waals surface area contributed by atoms with Crippen LogP contribution in [0.1, 0.15) is 51.2 Å². The highest BCUT2D eigenvalue weighted by molar-refractivity contribution is 6.30. The minimum atomic E-state index is -0.593. The number of carbonyl (C=O) groups excluding carboxylic acids is 2. The van der Waals surface area contributed by atoms with Crippen LogP contribution >= 0.6 is 11.6 Å². The maximum atomic E-state index is 12.9. The van der Waals surface area contributed by atoms with Crippen LogP contribution in [0.15, 0.2) is 71.8 Å². The van der Waals surface area contributed by atoms with E-state index >= 15 is 0 Å². The van der Waals surface area contributed by atoms with E-state index in [9.17, 15) is 14.4 Å². The molecule has 2 N–H and O–H groups in total. The van der Waals surface area contributed by atoms with Gasteiger partial charge in [0.25, 0.3) is 11.8 Å². The van der Waals surface area contributed by atoms with Gasteiger partial charge in [-0.1, -0.05) is 54.1 Å². The van der Waals surface area contributed by atoms with E-state index in [2.05, 4.69) is 22.8 Å². The zero-order valence-corrected chi connectivity index (χ0v) is 18.9. The van der Waals surface area contributed by atoms with Crippen LogP contribution in [-0.4, -0.2) is 23.4 Å². The summed E-state index contributed by atoms with van der Waals surface area (Å²) >= 11 is 5.93. The first-order valence-electron chi connectivity index (χ1n) is 10.5. The molecule has 1 atom stereocenters. The van der Waals surface area contributed by atoms with Crippen LogP contribution in [0.4, 0.5) is 0 Å². The van der Waals surface area contributed by atoms with E-state index in [4.69, 9.17) is 11.6 Å². The molecule has 0 radical (unpaired) electrons. The maximum Gasteiger partial charge on any atom is 0.257 e. The van der Waals surface area contributed by atoms with E-state index in [0.717, 1.165) is 18.4 Å². The van der Waals surface area contributed by atoms with Crippen LogP contribution < -0.4 is 16.1 Å². The van der Waals surface area contributed by atoms with Gasteiger partial charge in [0, 0.05) is 31.0 Å². The number of carbonyl (C=O) groups is 2. The largest absolute Gasteiger partial charge is 0.355 e. The number of amides is 2. The van der Waals surface area contributed by atoms with Crippen molar-refractivity contribution in [1.82, 2.24) is 15.2 Å². The molecule has 7 heteroatoms. The zero-order valence-electron chi connectivity index (χ0n) is 18.1. The summed E-state index contributed by atoms with van der Waals surface area (Å²) in [4.78, 5) is 38.1. The quantitative estimate of drug-likeness (QED) is 0.543. The van der Waals surface area contributed by atoms with Crippen LogP contribution in [0.3, 0.4) is 0 Å². The molecule has 2 amide bonds. The molecule has 166 valence electrons. The van der Waals surface area contributed by atoms with Crippen molar-refractivity contribution < 1.29 is 9.59 Å². The highest BCUT2D eigenvalue weighted by Crippen LogP contribution is 2.16. The second kappa shape index (κ2) is 10.8. The SMILES string of the molecule is CNC(=O)c1cn(CCCc2ccccc2)cc(C(=O)N[C@H](C)c2ccc(Cl)cc2)c1=O. The van der Waals surface area contributed by atoms with Gasteiger partial charge in [0.15, 0.2) is 0 Å². The molecule has 6 nitrogen and oxygen atoms in total. The highest BCUT2D eigenvalue weighted by Gasteiger charge is 2.20. The van der Waals surface area contributed by atoms with Gasteiger partial charge in [-0.2, -0.15) is 0 Å². The number of aryl methyl sites for hydroxylation is 2. The van der Waals surface area contributed by atoms with Gasteiger partial charge in [-0.15, -0.1) is 0 Å². The second-order valence-electron chi connectivity index (χ2n) is 7.57. The predicted octanol–water partition coefficient (Wildman–Crippen LogP) is 3.99.